The Morgan fingerprint density at radius 1 is 1.19 bits per heavy atom. The molecule has 116 valence electrons. The van der Waals surface area contributed by atoms with Gasteiger partial charge in [-0.15, -0.1) is 0 Å². The van der Waals surface area contributed by atoms with Crippen molar-refractivity contribution >= 4 is 0 Å². The monoisotopic (exact) mass is 290 g/mol. The van der Waals surface area contributed by atoms with E-state index < -0.39 is 0 Å². The molecule has 2 atom stereocenters. The van der Waals surface area contributed by atoms with Crippen LogP contribution in [-0.4, -0.2) is 36.6 Å². The number of hydrogen-bond donors (Lipinski definition) is 1. The third-order valence-corrected chi connectivity index (χ3v) is 4.87. The highest BCUT2D eigenvalue weighted by molar-refractivity contribution is 5.17. The molecule has 1 saturated heterocycles. The summed E-state index contributed by atoms with van der Waals surface area (Å²) in [6.45, 7) is 5.90. The number of halogens is 1. The summed E-state index contributed by atoms with van der Waals surface area (Å²) in [5.41, 5.74) is 1.24. The van der Waals surface area contributed by atoms with Crippen LogP contribution in [0, 0.1) is 11.7 Å². The van der Waals surface area contributed by atoms with Crippen LogP contribution < -0.4 is 5.32 Å². The van der Waals surface area contributed by atoms with E-state index in [9.17, 15) is 4.39 Å². The smallest absolute Gasteiger partial charge is 0.123 e. The first-order valence-electron chi connectivity index (χ1n) is 8.42. The van der Waals surface area contributed by atoms with Crippen LogP contribution in [-0.2, 0) is 6.42 Å². The molecule has 2 nitrogen and oxygen atoms in total. The minimum atomic E-state index is -0.142. The fraction of sp³-hybridized carbons (Fsp3) is 0.667. The van der Waals surface area contributed by atoms with Crippen molar-refractivity contribution in [1.29, 1.82) is 0 Å². The Labute approximate surface area is 127 Å². The van der Waals surface area contributed by atoms with Gasteiger partial charge >= 0.3 is 0 Å². The molecule has 0 bridgehead atoms. The van der Waals surface area contributed by atoms with Crippen LogP contribution in [0.3, 0.4) is 0 Å². The summed E-state index contributed by atoms with van der Waals surface area (Å²) in [6.07, 6.45) is 6.44. The Morgan fingerprint density at radius 3 is 2.57 bits per heavy atom. The second-order valence-electron chi connectivity index (χ2n) is 6.87. The fourth-order valence-corrected chi connectivity index (χ4v) is 3.35. The number of rotatable bonds is 7. The van der Waals surface area contributed by atoms with Crippen molar-refractivity contribution < 1.29 is 4.39 Å². The first-order chi connectivity index (χ1) is 10.2. The quantitative estimate of drug-likeness (QED) is 0.829. The molecule has 1 aromatic carbocycles. The second-order valence-corrected chi connectivity index (χ2v) is 6.87. The van der Waals surface area contributed by atoms with Gasteiger partial charge in [0, 0.05) is 25.2 Å². The van der Waals surface area contributed by atoms with Crippen LogP contribution in [0.1, 0.15) is 38.2 Å². The van der Waals surface area contributed by atoms with Gasteiger partial charge in [-0.25, -0.2) is 4.39 Å². The molecule has 0 amide bonds. The summed E-state index contributed by atoms with van der Waals surface area (Å²) in [6, 6.07) is 8.19. The zero-order valence-electron chi connectivity index (χ0n) is 13.0. The third kappa shape index (κ3) is 4.52. The van der Waals surface area contributed by atoms with E-state index in [2.05, 4.69) is 17.1 Å². The zero-order valence-corrected chi connectivity index (χ0v) is 13.0. The molecule has 2 aliphatic rings. The van der Waals surface area contributed by atoms with Gasteiger partial charge in [0.25, 0.3) is 0 Å². The number of benzene rings is 1. The van der Waals surface area contributed by atoms with E-state index in [-0.39, 0.29) is 5.82 Å². The van der Waals surface area contributed by atoms with E-state index in [1.54, 1.807) is 12.1 Å². The third-order valence-electron chi connectivity index (χ3n) is 4.87. The zero-order chi connectivity index (χ0) is 14.7. The lowest BCUT2D eigenvalue weighted by molar-refractivity contribution is 0.182. The number of hydrogen-bond acceptors (Lipinski definition) is 2. The molecule has 1 heterocycles. The lowest BCUT2D eigenvalue weighted by Crippen LogP contribution is -2.44. The summed E-state index contributed by atoms with van der Waals surface area (Å²) >= 11 is 0. The maximum absolute atomic E-state index is 13.0. The van der Waals surface area contributed by atoms with E-state index in [0.717, 1.165) is 12.3 Å². The largest absolute Gasteiger partial charge is 0.313 e. The van der Waals surface area contributed by atoms with Gasteiger partial charge in [0.2, 0.25) is 0 Å². The summed E-state index contributed by atoms with van der Waals surface area (Å²) in [4.78, 5) is 2.66. The molecule has 1 aromatic rings. The number of nitrogens with one attached hydrogen (secondary N) is 1. The van der Waals surface area contributed by atoms with Crippen LogP contribution in [0.15, 0.2) is 24.3 Å². The van der Waals surface area contributed by atoms with E-state index in [0.29, 0.717) is 12.1 Å². The highest BCUT2D eigenvalue weighted by Gasteiger charge is 2.28. The van der Waals surface area contributed by atoms with Gasteiger partial charge in [0.05, 0.1) is 0 Å². The predicted octanol–water partition coefficient (Wildman–Crippen LogP) is 3.22. The molecule has 1 aliphatic carbocycles. The van der Waals surface area contributed by atoms with Crippen LogP contribution in [0.4, 0.5) is 4.39 Å². The van der Waals surface area contributed by atoms with E-state index in [1.807, 2.05) is 12.1 Å². The highest BCUT2D eigenvalue weighted by Crippen LogP contribution is 2.31. The normalized spacial score (nSPS) is 23.7. The lowest BCUT2D eigenvalue weighted by atomic mass is 10.0. The SMILES string of the molecule is CC(Cc1ccc(F)cc1)N(CC1CC1)CC1CCCN1. The molecule has 21 heavy (non-hydrogen) atoms. The van der Waals surface area contributed by atoms with Crippen molar-refractivity contribution in [3.8, 4) is 0 Å². The highest BCUT2D eigenvalue weighted by atomic mass is 19.1. The molecule has 2 unspecified atom stereocenters. The Hall–Kier alpha value is -0.930. The van der Waals surface area contributed by atoms with Crippen LogP contribution >= 0.6 is 0 Å². The second kappa shape index (κ2) is 6.89. The maximum Gasteiger partial charge on any atom is 0.123 e. The topological polar surface area (TPSA) is 15.3 Å². The molecule has 3 heteroatoms. The van der Waals surface area contributed by atoms with Crippen molar-refractivity contribution in [2.75, 3.05) is 19.6 Å². The predicted molar refractivity (Wildman–Crippen MR) is 84.9 cm³/mol. The Kier molecular flexibility index (Phi) is 4.91. The Bertz CT molecular complexity index is 435. The minimum Gasteiger partial charge on any atom is -0.313 e. The molecule has 1 aliphatic heterocycles. The van der Waals surface area contributed by atoms with E-state index in [1.165, 1.54) is 50.9 Å². The van der Waals surface area contributed by atoms with Gasteiger partial charge in [-0.1, -0.05) is 12.1 Å². The van der Waals surface area contributed by atoms with Gasteiger partial charge in [0.15, 0.2) is 0 Å². The molecule has 0 spiro atoms. The van der Waals surface area contributed by atoms with Crippen molar-refractivity contribution in [3.05, 3.63) is 35.6 Å². The maximum atomic E-state index is 13.0. The van der Waals surface area contributed by atoms with Crippen LogP contribution in [0.25, 0.3) is 0 Å². The molecule has 1 N–H and O–H groups in total. The summed E-state index contributed by atoms with van der Waals surface area (Å²) < 4.78 is 13.0. The Morgan fingerprint density at radius 2 is 1.95 bits per heavy atom. The molecule has 0 radical (unpaired) electrons. The molecule has 1 saturated carbocycles. The average Bonchev–Trinajstić information content (AvgIpc) is 3.14. The van der Waals surface area contributed by atoms with Gasteiger partial charge in [-0.2, -0.15) is 0 Å². The summed E-state index contributed by atoms with van der Waals surface area (Å²) in [5.74, 6) is 0.776. The first-order valence-corrected chi connectivity index (χ1v) is 8.42. The van der Waals surface area contributed by atoms with Crippen molar-refractivity contribution in [2.45, 2.75) is 51.1 Å². The van der Waals surface area contributed by atoms with Gasteiger partial charge < -0.3 is 5.32 Å². The molecule has 0 aromatic heterocycles. The number of nitrogens with zero attached hydrogens (tertiary/aromatic N) is 1. The standard InChI is InChI=1S/C18H27FN2/c1-14(11-15-6-8-17(19)9-7-15)21(12-16-4-5-16)13-18-3-2-10-20-18/h6-9,14,16,18,20H,2-5,10-13H2,1H3. The van der Waals surface area contributed by atoms with Crippen LogP contribution in [0.2, 0.25) is 0 Å². The molecule has 3 rings (SSSR count). The first kappa shape index (κ1) is 15.0. The Balaban J connectivity index is 1.58. The van der Waals surface area contributed by atoms with Crippen LogP contribution in [0.5, 0.6) is 0 Å². The average molecular weight is 290 g/mol. The van der Waals surface area contributed by atoms with Crippen molar-refractivity contribution in [2.24, 2.45) is 5.92 Å². The minimum absolute atomic E-state index is 0.142. The molecular formula is C18H27FN2. The van der Waals surface area contributed by atoms with Crippen molar-refractivity contribution in [3.63, 3.8) is 0 Å². The van der Waals surface area contributed by atoms with Crippen molar-refractivity contribution in [1.82, 2.24) is 10.2 Å². The van der Waals surface area contributed by atoms with E-state index in [4.69, 9.17) is 0 Å². The summed E-state index contributed by atoms with van der Waals surface area (Å²) in [5, 5.41) is 3.62. The van der Waals surface area contributed by atoms with Gasteiger partial charge in [-0.05, 0) is 69.2 Å². The molecule has 2 fully saturated rings. The lowest BCUT2D eigenvalue weighted by Gasteiger charge is -2.31. The van der Waals surface area contributed by atoms with Gasteiger partial charge in [-0.3, -0.25) is 4.90 Å². The summed E-state index contributed by atoms with van der Waals surface area (Å²) in [7, 11) is 0. The fourth-order valence-electron chi connectivity index (χ4n) is 3.35. The van der Waals surface area contributed by atoms with E-state index >= 15 is 0 Å². The molecular weight excluding hydrogens is 263 g/mol. The van der Waals surface area contributed by atoms with Gasteiger partial charge in [0.1, 0.15) is 5.82 Å².